The maximum Gasteiger partial charge on any atom is 0.261 e. The van der Waals surface area contributed by atoms with E-state index in [0.29, 0.717) is 10.6 Å². The average molecular weight is 349 g/mol. The molecule has 1 amide bonds. The molecule has 23 heavy (non-hydrogen) atoms. The molecular formula is C15H15N3O3S2. The lowest BCUT2D eigenvalue weighted by Gasteiger charge is -2.23. The predicted molar refractivity (Wildman–Crippen MR) is 90.0 cm³/mol. The van der Waals surface area contributed by atoms with Gasteiger partial charge in [0.15, 0.2) is 0 Å². The third-order valence-corrected chi connectivity index (χ3v) is 5.09. The Balaban J connectivity index is 2.12. The quantitative estimate of drug-likeness (QED) is 0.861. The fraction of sp³-hybridized carbons (Fsp3) is 0.200. The van der Waals surface area contributed by atoms with Gasteiger partial charge in [-0.05, 0) is 23.6 Å². The fourth-order valence-electron chi connectivity index (χ4n) is 2.02. The molecule has 2 rings (SSSR count). The first kappa shape index (κ1) is 17.0. The molecule has 0 bridgehead atoms. The number of hydrogen-bond acceptors (Lipinski definition) is 5. The van der Waals surface area contributed by atoms with Crippen LogP contribution in [0, 0.1) is 11.3 Å². The molecule has 8 heteroatoms. The molecule has 0 saturated heterocycles. The normalized spacial score (nSPS) is 10.8. The van der Waals surface area contributed by atoms with Crippen LogP contribution in [0.5, 0.6) is 0 Å². The highest BCUT2D eigenvalue weighted by atomic mass is 32.2. The maximum absolute atomic E-state index is 12.0. The SMILES string of the molecule is CS(=O)(=O)N(CCNC(=O)c1cccs1)c1ccccc1C#N. The third kappa shape index (κ3) is 4.31. The molecule has 0 fully saturated rings. The van der Waals surface area contributed by atoms with E-state index in [1.165, 1.54) is 11.3 Å². The molecule has 120 valence electrons. The summed E-state index contributed by atoms with van der Waals surface area (Å²) in [6.07, 6.45) is 1.07. The van der Waals surface area contributed by atoms with Crippen molar-refractivity contribution in [3.05, 3.63) is 52.2 Å². The van der Waals surface area contributed by atoms with Gasteiger partial charge in [0.25, 0.3) is 5.91 Å². The van der Waals surface area contributed by atoms with E-state index >= 15 is 0 Å². The molecule has 6 nitrogen and oxygen atoms in total. The number of thiophene rings is 1. The highest BCUT2D eigenvalue weighted by Gasteiger charge is 2.20. The van der Waals surface area contributed by atoms with Crippen molar-refractivity contribution in [2.45, 2.75) is 0 Å². The smallest absolute Gasteiger partial charge is 0.261 e. The third-order valence-electron chi connectivity index (χ3n) is 3.04. The molecule has 1 aromatic carbocycles. The predicted octanol–water partition coefficient (Wildman–Crippen LogP) is 1.82. The van der Waals surface area contributed by atoms with Gasteiger partial charge in [0.05, 0.1) is 28.9 Å². The van der Waals surface area contributed by atoms with Crippen LogP contribution in [-0.2, 0) is 10.0 Å². The van der Waals surface area contributed by atoms with Gasteiger partial charge >= 0.3 is 0 Å². The minimum absolute atomic E-state index is 0.0502. The number of carbonyl (C=O) groups is 1. The van der Waals surface area contributed by atoms with Crippen molar-refractivity contribution in [1.82, 2.24) is 5.32 Å². The molecule has 0 atom stereocenters. The van der Waals surface area contributed by atoms with E-state index < -0.39 is 10.0 Å². The molecule has 1 heterocycles. The van der Waals surface area contributed by atoms with E-state index in [9.17, 15) is 13.2 Å². The second kappa shape index (κ2) is 7.26. The lowest BCUT2D eigenvalue weighted by Crippen LogP contribution is -2.38. The molecule has 2 aromatic rings. The molecule has 0 aliphatic heterocycles. The number of sulfonamides is 1. The number of anilines is 1. The number of nitriles is 1. The number of amides is 1. The second-order valence-electron chi connectivity index (χ2n) is 4.70. The summed E-state index contributed by atoms with van der Waals surface area (Å²) in [7, 11) is -3.57. The second-order valence-corrected chi connectivity index (χ2v) is 7.55. The van der Waals surface area contributed by atoms with E-state index in [2.05, 4.69) is 5.32 Å². The van der Waals surface area contributed by atoms with Gasteiger partial charge in [-0.25, -0.2) is 8.42 Å². The summed E-state index contributed by atoms with van der Waals surface area (Å²) in [5, 5.41) is 13.6. The van der Waals surface area contributed by atoms with Crippen LogP contribution in [0.4, 0.5) is 5.69 Å². The Morgan fingerprint density at radius 1 is 1.30 bits per heavy atom. The summed E-state index contributed by atoms with van der Waals surface area (Å²) >= 11 is 1.31. The Morgan fingerprint density at radius 2 is 2.04 bits per heavy atom. The van der Waals surface area contributed by atoms with Gasteiger partial charge in [-0.3, -0.25) is 9.10 Å². The van der Waals surface area contributed by atoms with Gasteiger partial charge in [-0.2, -0.15) is 5.26 Å². The summed E-state index contributed by atoms with van der Waals surface area (Å²) in [6.45, 7) is 0.193. The topological polar surface area (TPSA) is 90.3 Å². The van der Waals surface area contributed by atoms with Crippen LogP contribution in [0.15, 0.2) is 41.8 Å². The summed E-state index contributed by atoms with van der Waals surface area (Å²) in [4.78, 5) is 12.4. The van der Waals surface area contributed by atoms with Crippen LogP contribution in [0.1, 0.15) is 15.2 Å². The van der Waals surface area contributed by atoms with Crippen molar-refractivity contribution in [2.75, 3.05) is 23.7 Å². The zero-order valence-electron chi connectivity index (χ0n) is 12.4. The Hall–Kier alpha value is -2.37. The van der Waals surface area contributed by atoms with E-state index in [1.807, 2.05) is 6.07 Å². The van der Waals surface area contributed by atoms with E-state index in [-0.39, 0.29) is 24.6 Å². The molecule has 0 aliphatic rings. The van der Waals surface area contributed by atoms with Crippen LogP contribution in [0.2, 0.25) is 0 Å². The standard InChI is InChI=1S/C15H15N3O3S2/c1-23(20,21)18(13-6-3-2-5-12(13)11-16)9-8-17-15(19)14-7-4-10-22-14/h2-7,10H,8-9H2,1H3,(H,17,19). The number of carbonyl (C=O) groups excluding carboxylic acids is 1. The molecule has 1 aromatic heterocycles. The van der Waals surface area contributed by atoms with Gasteiger partial charge in [-0.15, -0.1) is 11.3 Å². The first-order valence-electron chi connectivity index (χ1n) is 6.72. The van der Waals surface area contributed by atoms with Gasteiger partial charge in [0.1, 0.15) is 6.07 Å². The number of nitrogens with zero attached hydrogens (tertiary/aromatic N) is 2. The summed E-state index contributed by atoms with van der Waals surface area (Å²) in [5.41, 5.74) is 0.574. The lowest BCUT2D eigenvalue weighted by molar-refractivity contribution is 0.0959. The lowest BCUT2D eigenvalue weighted by atomic mass is 10.2. The van der Waals surface area contributed by atoms with E-state index in [4.69, 9.17) is 5.26 Å². The van der Waals surface area contributed by atoms with Crippen LogP contribution >= 0.6 is 11.3 Å². The molecule has 0 aliphatic carbocycles. The Labute approximate surface area is 139 Å². The highest BCUT2D eigenvalue weighted by molar-refractivity contribution is 7.92. The number of benzene rings is 1. The number of para-hydroxylation sites is 1. The zero-order chi connectivity index (χ0) is 16.9. The molecule has 0 spiro atoms. The van der Waals surface area contributed by atoms with Gasteiger partial charge in [-0.1, -0.05) is 18.2 Å². The largest absolute Gasteiger partial charge is 0.350 e. The van der Waals surface area contributed by atoms with Crippen molar-refractivity contribution in [3.63, 3.8) is 0 Å². The molecular weight excluding hydrogens is 334 g/mol. The van der Waals surface area contributed by atoms with Crippen molar-refractivity contribution < 1.29 is 13.2 Å². The van der Waals surface area contributed by atoms with Crippen LogP contribution in [-0.4, -0.2) is 33.7 Å². The molecule has 0 unspecified atom stereocenters. The summed E-state index contributed by atoms with van der Waals surface area (Å²) in [5.74, 6) is -0.248. The minimum Gasteiger partial charge on any atom is -0.350 e. The van der Waals surface area contributed by atoms with Crippen molar-refractivity contribution in [1.29, 1.82) is 5.26 Å². The van der Waals surface area contributed by atoms with E-state index in [1.54, 1.807) is 41.8 Å². The van der Waals surface area contributed by atoms with Gasteiger partial charge in [0, 0.05) is 6.54 Å². The van der Waals surface area contributed by atoms with Crippen LogP contribution in [0.25, 0.3) is 0 Å². The monoisotopic (exact) mass is 349 g/mol. The van der Waals surface area contributed by atoms with Crippen LogP contribution in [0.3, 0.4) is 0 Å². The first-order valence-corrected chi connectivity index (χ1v) is 9.45. The van der Waals surface area contributed by atoms with Crippen molar-refractivity contribution >= 4 is 33.0 Å². The van der Waals surface area contributed by atoms with Gasteiger partial charge in [0.2, 0.25) is 10.0 Å². The van der Waals surface area contributed by atoms with E-state index in [0.717, 1.165) is 10.6 Å². The molecule has 0 saturated carbocycles. The van der Waals surface area contributed by atoms with Crippen molar-refractivity contribution in [2.24, 2.45) is 0 Å². The summed E-state index contributed by atoms with van der Waals surface area (Å²) < 4.78 is 25.1. The van der Waals surface area contributed by atoms with Gasteiger partial charge < -0.3 is 5.32 Å². The Kier molecular flexibility index (Phi) is 5.36. The minimum atomic E-state index is -3.57. The highest BCUT2D eigenvalue weighted by Crippen LogP contribution is 2.21. The number of rotatable bonds is 6. The maximum atomic E-state index is 12.0. The fourth-order valence-corrected chi connectivity index (χ4v) is 3.60. The Morgan fingerprint density at radius 3 is 2.65 bits per heavy atom. The zero-order valence-corrected chi connectivity index (χ0v) is 14.0. The Bertz CT molecular complexity index is 824. The number of hydrogen-bond donors (Lipinski definition) is 1. The summed E-state index contributed by atoms with van der Waals surface area (Å²) in [6, 6.07) is 11.9. The first-order chi connectivity index (χ1) is 10.9. The average Bonchev–Trinajstić information content (AvgIpc) is 3.04. The molecule has 1 N–H and O–H groups in total. The van der Waals surface area contributed by atoms with Crippen molar-refractivity contribution in [3.8, 4) is 6.07 Å². The molecule has 0 radical (unpaired) electrons. The number of nitrogens with one attached hydrogen (secondary N) is 1. The van der Waals surface area contributed by atoms with Crippen LogP contribution < -0.4 is 9.62 Å².